The van der Waals surface area contributed by atoms with Crippen LogP contribution in [-0.4, -0.2) is 25.9 Å². The number of nitrogens with one attached hydrogen (secondary N) is 1. The van der Waals surface area contributed by atoms with Gasteiger partial charge in [-0.2, -0.15) is 0 Å². The van der Waals surface area contributed by atoms with Gasteiger partial charge in [0.25, 0.3) is 0 Å². The normalized spacial score (nSPS) is 13.1. The quantitative estimate of drug-likeness (QED) is 0.390. The molecule has 0 fully saturated rings. The third-order valence-electron chi connectivity index (χ3n) is 1.14. The van der Waals surface area contributed by atoms with Crippen LogP contribution in [0.1, 0.15) is 12.8 Å². The molecule has 0 amide bonds. The van der Waals surface area contributed by atoms with Crippen molar-refractivity contribution < 1.29 is 4.79 Å². The molecule has 0 aliphatic rings. The van der Waals surface area contributed by atoms with Crippen molar-refractivity contribution in [2.24, 2.45) is 5.73 Å². The third-order valence-corrected chi connectivity index (χ3v) is 1.14. The molecular weight excluding hydrogens is 116 g/mol. The number of nitrogens with two attached hydrogens (primary N) is 1. The van der Waals surface area contributed by atoms with Crippen LogP contribution in [0.2, 0.25) is 0 Å². The summed E-state index contributed by atoms with van der Waals surface area (Å²) in [6.45, 7) is 0.932. The Bertz CT molecular complexity index is 75.5. The summed E-state index contributed by atoms with van der Waals surface area (Å²) in [6, 6.07) is -0.265. The van der Waals surface area contributed by atoms with Crippen molar-refractivity contribution in [3.63, 3.8) is 0 Å². The molecule has 3 N–H and O–H groups in total. The topological polar surface area (TPSA) is 55.1 Å². The number of rotatable bonds is 5. The summed E-state index contributed by atoms with van der Waals surface area (Å²) in [5, 5.41) is 2.98. The highest BCUT2D eigenvalue weighted by Gasteiger charge is 1.96. The minimum absolute atomic E-state index is 0.265. The maximum atomic E-state index is 9.95. The molecule has 0 radical (unpaired) electrons. The molecule has 54 valence electrons. The molecule has 0 aliphatic carbocycles. The first kappa shape index (κ1) is 8.59. The third kappa shape index (κ3) is 5.46. The molecular formula is C6H14N2O. The van der Waals surface area contributed by atoms with Crippen LogP contribution in [0, 0.1) is 0 Å². The Labute approximate surface area is 55.6 Å². The number of carbonyl (C=O) groups excluding carboxylic acids is 1. The molecule has 0 aromatic heterocycles. The van der Waals surface area contributed by atoms with Gasteiger partial charge in [0.1, 0.15) is 6.29 Å². The van der Waals surface area contributed by atoms with Crippen molar-refractivity contribution >= 4 is 6.29 Å². The predicted octanol–water partition coefficient (Wildman–Crippen LogP) is -0.488. The fourth-order valence-corrected chi connectivity index (χ4v) is 0.583. The summed E-state index contributed by atoms with van der Waals surface area (Å²) >= 11 is 0. The number of carbonyl (C=O) groups is 1. The van der Waals surface area contributed by atoms with Crippen molar-refractivity contribution in [2.75, 3.05) is 13.6 Å². The van der Waals surface area contributed by atoms with E-state index in [9.17, 15) is 4.79 Å². The van der Waals surface area contributed by atoms with Crippen molar-refractivity contribution in [3.8, 4) is 0 Å². The van der Waals surface area contributed by atoms with Crippen LogP contribution < -0.4 is 11.1 Å². The molecule has 1 atom stereocenters. The van der Waals surface area contributed by atoms with E-state index >= 15 is 0 Å². The first-order valence-corrected chi connectivity index (χ1v) is 3.16. The largest absolute Gasteiger partial charge is 0.322 e. The molecule has 3 heteroatoms. The number of hydrogen-bond acceptors (Lipinski definition) is 3. The minimum atomic E-state index is -0.265. The highest BCUT2D eigenvalue weighted by Crippen LogP contribution is 1.88. The highest BCUT2D eigenvalue weighted by molar-refractivity contribution is 5.56. The zero-order valence-electron chi connectivity index (χ0n) is 5.76. The highest BCUT2D eigenvalue weighted by atomic mass is 16.1. The van der Waals surface area contributed by atoms with E-state index < -0.39 is 0 Å². The van der Waals surface area contributed by atoms with Crippen LogP contribution in [0.15, 0.2) is 0 Å². The summed E-state index contributed by atoms with van der Waals surface area (Å²) < 4.78 is 0. The lowest BCUT2D eigenvalue weighted by Gasteiger charge is -2.01. The molecule has 0 saturated carbocycles. The molecule has 0 spiro atoms. The Kier molecular flexibility index (Phi) is 5.46. The van der Waals surface area contributed by atoms with Gasteiger partial charge < -0.3 is 15.8 Å². The molecule has 9 heavy (non-hydrogen) atoms. The molecule has 0 heterocycles. The average Bonchev–Trinajstić information content (AvgIpc) is 1.89. The van der Waals surface area contributed by atoms with E-state index in [2.05, 4.69) is 5.32 Å². The summed E-state index contributed by atoms with van der Waals surface area (Å²) in [6.07, 6.45) is 2.54. The Hall–Kier alpha value is -0.410. The zero-order valence-corrected chi connectivity index (χ0v) is 5.76. The monoisotopic (exact) mass is 130 g/mol. The van der Waals surface area contributed by atoms with Gasteiger partial charge in [-0.3, -0.25) is 0 Å². The smallest absolute Gasteiger partial charge is 0.136 e. The van der Waals surface area contributed by atoms with Crippen molar-refractivity contribution in [3.05, 3.63) is 0 Å². The SMILES string of the molecule is CNCCCC(N)C=O. The first-order chi connectivity index (χ1) is 4.31. The first-order valence-electron chi connectivity index (χ1n) is 3.16. The van der Waals surface area contributed by atoms with Gasteiger partial charge in [-0.05, 0) is 26.4 Å². The van der Waals surface area contributed by atoms with E-state index in [1.807, 2.05) is 7.05 Å². The van der Waals surface area contributed by atoms with Crippen molar-refractivity contribution in [2.45, 2.75) is 18.9 Å². The van der Waals surface area contributed by atoms with E-state index in [0.29, 0.717) is 0 Å². The molecule has 0 rings (SSSR count). The van der Waals surface area contributed by atoms with Gasteiger partial charge in [-0.25, -0.2) is 0 Å². The van der Waals surface area contributed by atoms with Crippen LogP contribution in [-0.2, 0) is 4.79 Å². The van der Waals surface area contributed by atoms with Crippen LogP contribution >= 0.6 is 0 Å². The standard InChI is InChI=1S/C6H14N2O/c1-8-4-2-3-6(7)5-9/h5-6,8H,2-4,7H2,1H3. The second-order valence-corrected chi connectivity index (χ2v) is 2.05. The van der Waals surface area contributed by atoms with Crippen LogP contribution in [0.3, 0.4) is 0 Å². The summed E-state index contributed by atoms with van der Waals surface area (Å²) in [4.78, 5) is 9.95. The lowest BCUT2D eigenvalue weighted by molar-refractivity contribution is -0.109. The van der Waals surface area contributed by atoms with E-state index in [4.69, 9.17) is 5.73 Å². The number of aldehydes is 1. The minimum Gasteiger partial charge on any atom is -0.322 e. The van der Waals surface area contributed by atoms with Gasteiger partial charge in [0.15, 0.2) is 0 Å². The molecule has 0 aromatic rings. The maximum absolute atomic E-state index is 9.95. The van der Waals surface area contributed by atoms with Gasteiger partial charge in [-0.15, -0.1) is 0 Å². The van der Waals surface area contributed by atoms with Gasteiger partial charge in [0, 0.05) is 0 Å². The Morgan fingerprint density at radius 1 is 1.78 bits per heavy atom. The van der Waals surface area contributed by atoms with Crippen molar-refractivity contribution in [1.29, 1.82) is 0 Å². The lowest BCUT2D eigenvalue weighted by atomic mass is 10.2. The lowest BCUT2D eigenvalue weighted by Crippen LogP contribution is -2.22. The summed E-state index contributed by atoms with van der Waals surface area (Å²) in [5.41, 5.74) is 5.32. The molecule has 0 bridgehead atoms. The predicted molar refractivity (Wildman–Crippen MR) is 37.2 cm³/mol. The van der Waals surface area contributed by atoms with E-state index in [1.165, 1.54) is 0 Å². The van der Waals surface area contributed by atoms with Gasteiger partial charge in [0.2, 0.25) is 0 Å². The summed E-state index contributed by atoms with van der Waals surface area (Å²) in [5.74, 6) is 0. The summed E-state index contributed by atoms with van der Waals surface area (Å²) in [7, 11) is 1.88. The van der Waals surface area contributed by atoms with Crippen molar-refractivity contribution in [1.82, 2.24) is 5.32 Å². The Morgan fingerprint density at radius 3 is 2.89 bits per heavy atom. The Morgan fingerprint density at radius 2 is 2.44 bits per heavy atom. The molecule has 1 unspecified atom stereocenters. The van der Waals surface area contributed by atoms with Gasteiger partial charge in [-0.1, -0.05) is 0 Å². The molecule has 0 aromatic carbocycles. The molecule has 0 saturated heterocycles. The second-order valence-electron chi connectivity index (χ2n) is 2.05. The van der Waals surface area contributed by atoms with E-state index in [0.717, 1.165) is 25.7 Å². The van der Waals surface area contributed by atoms with E-state index in [1.54, 1.807) is 0 Å². The van der Waals surface area contributed by atoms with Gasteiger partial charge >= 0.3 is 0 Å². The molecule has 3 nitrogen and oxygen atoms in total. The maximum Gasteiger partial charge on any atom is 0.136 e. The zero-order chi connectivity index (χ0) is 7.11. The number of hydrogen-bond donors (Lipinski definition) is 2. The van der Waals surface area contributed by atoms with Gasteiger partial charge in [0.05, 0.1) is 6.04 Å². The van der Waals surface area contributed by atoms with Crippen LogP contribution in [0.5, 0.6) is 0 Å². The Balaban J connectivity index is 2.96. The van der Waals surface area contributed by atoms with E-state index in [-0.39, 0.29) is 6.04 Å². The molecule has 0 aliphatic heterocycles. The fourth-order valence-electron chi connectivity index (χ4n) is 0.583. The van der Waals surface area contributed by atoms with Crippen LogP contribution in [0.4, 0.5) is 0 Å². The average molecular weight is 130 g/mol. The fraction of sp³-hybridized carbons (Fsp3) is 0.833. The van der Waals surface area contributed by atoms with Crippen LogP contribution in [0.25, 0.3) is 0 Å². The second kappa shape index (κ2) is 5.72.